The van der Waals surface area contributed by atoms with Crippen LogP contribution in [0.4, 0.5) is 0 Å². The molecule has 1 unspecified atom stereocenters. The molecule has 2 nitrogen and oxygen atoms in total. The van der Waals surface area contributed by atoms with Gasteiger partial charge < -0.3 is 10.1 Å². The Hall–Kier alpha value is -1.02. The maximum Gasteiger partial charge on any atom is 0.122 e. The van der Waals surface area contributed by atoms with E-state index in [4.69, 9.17) is 4.74 Å². The van der Waals surface area contributed by atoms with Crippen LogP contribution in [0, 0.1) is 5.92 Å². The summed E-state index contributed by atoms with van der Waals surface area (Å²) in [6.45, 7) is 4.30. The summed E-state index contributed by atoms with van der Waals surface area (Å²) in [4.78, 5) is 0. The Morgan fingerprint density at radius 1 is 1.24 bits per heavy atom. The van der Waals surface area contributed by atoms with Crippen molar-refractivity contribution in [2.24, 2.45) is 5.92 Å². The number of nitrogens with one attached hydrogen (secondary N) is 1. The predicted octanol–water partition coefficient (Wildman–Crippen LogP) is 4.11. The van der Waals surface area contributed by atoms with Gasteiger partial charge in [0.15, 0.2) is 0 Å². The maximum absolute atomic E-state index is 5.58. The summed E-state index contributed by atoms with van der Waals surface area (Å²) in [5, 5.41) is 3.82. The smallest absolute Gasteiger partial charge is 0.122 e. The fourth-order valence-electron chi connectivity index (χ4n) is 3.98. The van der Waals surface area contributed by atoms with Crippen LogP contribution < -0.4 is 10.1 Å². The summed E-state index contributed by atoms with van der Waals surface area (Å²) in [6.07, 6.45) is 10.7. The van der Waals surface area contributed by atoms with Gasteiger partial charge in [-0.3, -0.25) is 0 Å². The van der Waals surface area contributed by atoms with Crippen LogP contribution in [0.15, 0.2) is 18.2 Å². The SMILES string of the molecule is CCC(NCCc1ccc2c(c1)CCO2)C1CCCCC1. The minimum Gasteiger partial charge on any atom is -0.493 e. The molecule has 0 saturated heterocycles. The van der Waals surface area contributed by atoms with Gasteiger partial charge in [0.1, 0.15) is 5.75 Å². The van der Waals surface area contributed by atoms with Crippen LogP contribution in [-0.4, -0.2) is 19.2 Å². The highest BCUT2D eigenvalue weighted by atomic mass is 16.5. The zero-order valence-corrected chi connectivity index (χ0v) is 13.4. The second-order valence-corrected chi connectivity index (χ2v) is 6.66. The van der Waals surface area contributed by atoms with Crippen LogP contribution in [0.2, 0.25) is 0 Å². The first-order valence-corrected chi connectivity index (χ1v) is 8.85. The van der Waals surface area contributed by atoms with Crippen LogP contribution >= 0.6 is 0 Å². The third-order valence-electron chi connectivity index (χ3n) is 5.23. The second kappa shape index (κ2) is 7.31. The lowest BCUT2D eigenvalue weighted by Crippen LogP contribution is -2.37. The third kappa shape index (κ3) is 3.79. The predicted molar refractivity (Wildman–Crippen MR) is 88.0 cm³/mol. The van der Waals surface area contributed by atoms with Gasteiger partial charge >= 0.3 is 0 Å². The standard InChI is InChI=1S/C19H29NO/c1-2-18(16-6-4-3-5-7-16)20-12-10-15-8-9-19-17(14-15)11-13-21-19/h8-9,14,16,18,20H,2-7,10-13H2,1H3. The van der Waals surface area contributed by atoms with Crippen molar-refractivity contribution in [3.8, 4) is 5.75 Å². The zero-order chi connectivity index (χ0) is 14.5. The molecule has 1 aromatic rings. The van der Waals surface area contributed by atoms with Crippen molar-refractivity contribution in [3.63, 3.8) is 0 Å². The van der Waals surface area contributed by atoms with Crippen molar-refractivity contribution in [3.05, 3.63) is 29.3 Å². The topological polar surface area (TPSA) is 21.3 Å². The van der Waals surface area contributed by atoms with E-state index in [-0.39, 0.29) is 0 Å². The maximum atomic E-state index is 5.58. The van der Waals surface area contributed by atoms with E-state index in [2.05, 4.69) is 30.4 Å². The molecule has 116 valence electrons. The van der Waals surface area contributed by atoms with Gasteiger partial charge in [-0.2, -0.15) is 0 Å². The van der Waals surface area contributed by atoms with E-state index in [1.807, 2.05) is 0 Å². The third-order valence-corrected chi connectivity index (χ3v) is 5.23. The van der Waals surface area contributed by atoms with Gasteiger partial charge in [0, 0.05) is 12.5 Å². The van der Waals surface area contributed by atoms with Crippen molar-refractivity contribution in [2.45, 2.75) is 64.3 Å². The summed E-state index contributed by atoms with van der Waals surface area (Å²) in [5.74, 6) is 2.01. The van der Waals surface area contributed by atoms with Crippen molar-refractivity contribution < 1.29 is 4.74 Å². The minimum absolute atomic E-state index is 0.725. The Morgan fingerprint density at radius 3 is 2.90 bits per heavy atom. The molecule has 1 heterocycles. The van der Waals surface area contributed by atoms with E-state index >= 15 is 0 Å². The summed E-state index contributed by atoms with van der Waals surface area (Å²) < 4.78 is 5.58. The molecule has 1 aromatic carbocycles. The first-order valence-electron chi connectivity index (χ1n) is 8.85. The quantitative estimate of drug-likeness (QED) is 0.850. The molecule has 0 amide bonds. The molecule has 0 aromatic heterocycles. The normalized spacial score (nSPS) is 20.0. The van der Waals surface area contributed by atoms with Crippen LogP contribution in [0.3, 0.4) is 0 Å². The molecule has 2 aliphatic rings. The molecule has 1 fully saturated rings. The van der Waals surface area contributed by atoms with Gasteiger partial charge in [-0.15, -0.1) is 0 Å². The number of fused-ring (bicyclic) bond motifs is 1. The van der Waals surface area contributed by atoms with Crippen LogP contribution in [0.1, 0.15) is 56.6 Å². The highest BCUT2D eigenvalue weighted by molar-refractivity contribution is 5.39. The Morgan fingerprint density at radius 2 is 2.10 bits per heavy atom. The molecule has 1 aliphatic carbocycles. The molecule has 1 N–H and O–H groups in total. The van der Waals surface area contributed by atoms with Gasteiger partial charge in [-0.25, -0.2) is 0 Å². The van der Waals surface area contributed by atoms with Gasteiger partial charge in [0.25, 0.3) is 0 Å². The van der Waals surface area contributed by atoms with Gasteiger partial charge in [0.05, 0.1) is 6.61 Å². The second-order valence-electron chi connectivity index (χ2n) is 6.66. The van der Waals surface area contributed by atoms with Gasteiger partial charge in [-0.05, 0) is 55.3 Å². The monoisotopic (exact) mass is 287 g/mol. The number of hydrogen-bond donors (Lipinski definition) is 1. The van der Waals surface area contributed by atoms with Gasteiger partial charge in [-0.1, -0.05) is 38.3 Å². The molecule has 1 atom stereocenters. The van der Waals surface area contributed by atoms with Crippen LogP contribution in [-0.2, 0) is 12.8 Å². The number of hydrogen-bond acceptors (Lipinski definition) is 2. The first kappa shape index (κ1) is 14.9. The summed E-state index contributed by atoms with van der Waals surface area (Å²) in [5.41, 5.74) is 2.84. The molecular weight excluding hydrogens is 258 g/mol. The van der Waals surface area contributed by atoms with Crippen molar-refractivity contribution >= 4 is 0 Å². The van der Waals surface area contributed by atoms with Crippen LogP contribution in [0.5, 0.6) is 5.75 Å². The molecular formula is C19H29NO. The Kier molecular flexibility index (Phi) is 5.18. The van der Waals surface area contributed by atoms with E-state index in [0.717, 1.165) is 43.7 Å². The molecule has 0 bridgehead atoms. The lowest BCUT2D eigenvalue weighted by atomic mass is 9.83. The lowest BCUT2D eigenvalue weighted by Gasteiger charge is -2.30. The van der Waals surface area contributed by atoms with Gasteiger partial charge in [0.2, 0.25) is 0 Å². The molecule has 2 heteroatoms. The highest BCUT2D eigenvalue weighted by Gasteiger charge is 2.21. The van der Waals surface area contributed by atoms with E-state index in [1.165, 1.54) is 49.7 Å². The molecule has 21 heavy (non-hydrogen) atoms. The van der Waals surface area contributed by atoms with Crippen molar-refractivity contribution in [1.82, 2.24) is 5.32 Å². The van der Waals surface area contributed by atoms with E-state index in [1.54, 1.807) is 0 Å². The molecule has 3 rings (SSSR count). The number of benzene rings is 1. The van der Waals surface area contributed by atoms with Crippen LogP contribution in [0.25, 0.3) is 0 Å². The van der Waals surface area contributed by atoms with Crippen molar-refractivity contribution in [2.75, 3.05) is 13.2 Å². The average Bonchev–Trinajstić information content (AvgIpc) is 3.00. The van der Waals surface area contributed by atoms with E-state index in [0.29, 0.717) is 0 Å². The largest absolute Gasteiger partial charge is 0.493 e. The number of ether oxygens (including phenoxy) is 1. The Bertz CT molecular complexity index is 451. The minimum atomic E-state index is 0.725. The van der Waals surface area contributed by atoms with E-state index in [9.17, 15) is 0 Å². The zero-order valence-electron chi connectivity index (χ0n) is 13.4. The summed E-state index contributed by atoms with van der Waals surface area (Å²) >= 11 is 0. The summed E-state index contributed by atoms with van der Waals surface area (Å²) in [6, 6.07) is 7.44. The fourth-order valence-corrected chi connectivity index (χ4v) is 3.98. The lowest BCUT2D eigenvalue weighted by molar-refractivity contribution is 0.264. The molecule has 0 spiro atoms. The molecule has 0 radical (unpaired) electrons. The van der Waals surface area contributed by atoms with Crippen molar-refractivity contribution in [1.29, 1.82) is 0 Å². The highest BCUT2D eigenvalue weighted by Crippen LogP contribution is 2.28. The Balaban J connectivity index is 1.48. The number of rotatable bonds is 6. The average molecular weight is 287 g/mol. The molecule has 1 aliphatic heterocycles. The Labute approximate surface area is 129 Å². The first-order chi connectivity index (χ1) is 10.4. The molecule has 1 saturated carbocycles. The fraction of sp³-hybridized carbons (Fsp3) is 0.684. The van der Waals surface area contributed by atoms with E-state index < -0.39 is 0 Å². The summed E-state index contributed by atoms with van der Waals surface area (Å²) in [7, 11) is 0.